The molecule has 3 aromatic rings. The fraction of sp³-hybridized carbons (Fsp3) is 0.276. The van der Waals surface area contributed by atoms with Gasteiger partial charge < -0.3 is 19.5 Å². The van der Waals surface area contributed by atoms with Gasteiger partial charge in [-0.3, -0.25) is 9.59 Å². The van der Waals surface area contributed by atoms with Crippen LogP contribution in [0.15, 0.2) is 70.2 Å². The van der Waals surface area contributed by atoms with Crippen LogP contribution >= 0.6 is 27.5 Å². The minimum absolute atomic E-state index is 0.168. The highest BCUT2D eigenvalue weighted by Crippen LogP contribution is 2.37. The Kier molecular flexibility index (Phi) is 11.2. The van der Waals surface area contributed by atoms with E-state index < -0.39 is 11.9 Å². The minimum Gasteiger partial charge on any atom is -0.497 e. The van der Waals surface area contributed by atoms with Crippen molar-refractivity contribution in [2.75, 3.05) is 13.7 Å². The Morgan fingerprint density at radius 3 is 2.36 bits per heavy atom. The Hall–Kier alpha value is -3.56. The number of hydrazone groups is 1. The zero-order valence-electron chi connectivity index (χ0n) is 22.2. The Morgan fingerprint density at radius 1 is 1.05 bits per heavy atom. The van der Waals surface area contributed by atoms with Gasteiger partial charge in [0.2, 0.25) is 0 Å². The van der Waals surface area contributed by atoms with Crippen molar-refractivity contribution in [1.29, 1.82) is 0 Å². The highest BCUT2D eigenvalue weighted by atomic mass is 79.9. The van der Waals surface area contributed by atoms with Gasteiger partial charge in [0.25, 0.3) is 11.8 Å². The molecule has 3 rings (SSSR count). The van der Waals surface area contributed by atoms with E-state index >= 15 is 0 Å². The van der Waals surface area contributed by atoms with Crippen LogP contribution in [-0.4, -0.2) is 37.8 Å². The molecule has 1 atom stereocenters. The van der Waals surface area contributed by atoms with Gasteiger partial charge in [-0.2, -0.15) is 5.10 Å². The molecule has 0 aliphatic heterocycles. The lowest BCUT2D eigenvalue weighted by Gasteiger charge is -2.20. The number of hydrogen-bond donors (Lipinski definition) is 2. The molecule has 39 heavy (non-hydrogen) atoms. The molecule has 0 spiro atoms. The largest absolute Gasteiger partial charge is 0.497 e. The number of methoxy groups -OCH3 is 1. The fourth-order valence-corrected chi connectivity index (χ4v) is 4.24. The van der Waals surface area contributed by atoms with Crippen molar-refractivity contribution in [3.63, 3.8) is 0 Å². The molecule has 0 aliphatic carbocycles. The highest BCUT2D eigenvalue weighted by Gasteiger charge is 2.24. The van der Waals surface area contributed by atoms with Crippen molar-refractivity contribution < 1.29 is 23.8 Å². The molecule has 0 saturated heterocycles. The lowest BCUT2D eigenvalue weighted by Crippen LogP contribution is -2.48. The van der Waals surface area contributed by atoms with E-state index in [2.05, 4.69) is 31.8 Å². The number of carbonyl (C=O) groups is 2. The lowest BCUT2D eigenvalue weighted by atomic mass is 10.0. The van der Waals surface area contributed by atoms with E-state index in [1.54, 1.807) is 55.6 Å². The molecule has 0 radical (unpaired) electrons. The molecular formula is C29H31BrClN3O5. The second-order valence-electron chi connectivity index (χ2n) is 8.84. The third-order valence-electron chi connectivity index (χ3n) is 5.60. The summed E-state index contributed by atoms with van der Waals surface area (Å²) in [7, 11) is 1.55. The number of halogens is 2. The monoisotopic (exact) mass is 615 g/mol. The van der Waals surface area contributed by atoms with E-state index in [0.29, 0.717) is 51.1 Å². The maximum absolute atomic E-state index is 12.9. The molecule has 0 fully saturated rings. The van der Waals surface area contributed by atoms with E-state index in [4.69, 9.17) is 25.8 Å². The number of nitrogens with one attached hydrogen (secondary N) is 2. The summed E-state index contributed by atoms with van der Waals surface area (Å²) in [6, 6.07) is 16.8. The highest BCUT2D eigenvalue weighted by molar-refractivity contribution is 9.10. The summed E-state index contributed by atoms with van der Waals surface area (Å²) in [5.41, 5.74) is 4.58. The van der Waals surface area contributed by atoms with Crippen molar-refractivity contribution >= 4 is 45.6 Å². The number of amides is 2. The normalized spacial score (nSPS) is 11.8. The van der Waals surface area contributed by atoms with E-state index in [1.807, 2.05) is 32.9 Å². The maximum atomic E-state index is 12.9. The zero-order chi connectivity index (χ0) is 28.4. The summed E-state index contributed by atoms with van der Waals surface area (Å²) in [5.74, 6) is 0.747. The van der Waals surface area contributed by atoms with Crippen LogP contribution in [0.4, 0.5) is 0 Å². The molecule has 0 aromatic heterocycles. The van der Waals surface area contributed by atoms with Gasteiger partial charge >= 0.3 is 0 Å². The minimum atomic E-state index is -0.786. The Morgan fingerprint density at radius 2 is 1.74 bits per heavy atom. The molecule has 0 bridgehead atoms. The summed E-state index contributed by atoms with van der Waals surface area (Å²) in [5, 5.41) is 7.53. The first-order valence-corrected chi connectivity index (χ1v) is 13.5. The average molecular weight is 617 g/mol. The standard InChI is InChI=1S/C29H31BrClN3O5/c1-5-38-25-15-20(14-24(30)27(25)39-17-19-6-10-22(31)11-7-19)16-32-34-29(36)26(18(2)3)33-28(35)21-8-12-23(37-4)13-9-21/h6-16,18,26H,5,17H2,1-4H3,(H,33,35)(H,34,36)/b32-16+. The average Bonchev–Trinajstić information content (AvgIpc) is 2.92. The Bertz CT molecular complexity index is 1300. The van der Waals surface area contributed by atoms with Gasteiger partial charge in [-0.15, -0.1) is 0 Å². The van der Waals surface area contributed by atoms with E-state index in [1.165, 1.54) is 6.21 Å². The van der Waals surface area contributed by atoms with E-state index in [-0.39, 0.29) is 11.8 Å². The summed E-state index contributed by atoms with van der Waals surface area (Å²) in [4.78, 5) is 25.5. The van der Waals surface area contributed by atoms with Crippen LogP contribution in [0.3, 0.4) is 0 Å². The maximum Gasteiger partial charge on any atom is 0.262 e. The van der Waals surface area contributed by atoms with Crippen LogP contribution < -0.4 is 25.0 Å². The Labute approximate surface area is 241 Å². The van der Waals surface area contributed by atoms with E-state index in [9.17, 15) is 9.59 Å². The third kappa shape index (κ3) is 8.73. The zero-order valence-corrected chi connectivity index (χ0v) is 24.5. The molecule has 0 aliphatic rings. The molecule has 3 aromatic carbocycles. The summed E-state index contributed by atoms with van der Waals surface area (Å²) in [6.07, 6.45) is 1.50. The summed E-state index contributed by atoms with van der Waals surface area (Å²) in [6.45, 7) is 6.33. The second-order valence-corrected chi connectivity index (χ2v) is 10.1. The van der Waals surface area contributed by atoms with Crippen molar-refractivity contribution in [1.82, 2.24) is 10.7 Å². The fourth-order valence-electron chi connectivity index (χ4n) is 3.54. The van der Waals surface area contributed by atoms with Crippen LogP contribution in [0.2, 0.25) is 5.02 Å². The van der Waals surface area contributed by atoms with Crippen molar-refractivity contribution in [3.05, 3.63) is 86.8 Å². The number of rotatable bonds is 12. The first-order valence-electron chi connectivity index (χ1n) is 12.3. The third-order valence-corrected chi connectivity index (χ3v) is 6.45. The van der Waals surface area contributed by atoms with Crippen LogP contribution in [0.25, 0.3) is 0 Å². The SMILES string of the molecule is CCOc1cc(/C=N/NC(=O)C(NC(=O)c2ccc(OC)cc2)C(C)C)cc(Br)c1OCc1ccc(Cl)cc1. The Balaban J connectivity index is 1.67. The number of hydrogen-bond acceptors (Lipinski definition) is 6. The van der Waals surface area contributed by atoms with Crippen LogP contribution in [0, 0.1) is 5.92 Å². The van der Waals surface area contributed by atoms with E-state index in [0.717, 1.165) is 5.56 Å². The van der Waals surface area contributed by atoms with Gasteiger partial charge in [-0.1, -0.05) is 37.6 Å². The van der Waals surface area contributed by atoms with Gasteiger partial charge in [-0.05, 0) is 88.4 Å². The quantitative estimate of drug-likeness (QED) is 0.192. The smallest absolute Gasteiger partial charge is 0.262 e. The van der Waals surface area contributed by atoms with Crippen molar-refractivity contribution in [2.45, 2.75) is 33.4 Å². The van der Waals surface area contributed by atoms with Gasteiger partial charge in [0, 0.05) is 10.6 Å². The number of carbonyl (C=O) groups excluding carboxylic acids is 2. The van der Waals surface area contributed by atoms with Gasteiger partial charge in [0.1, 0.15) is 18.4 Å². The molecule has 2 N–H and O–H groups in total. The van der Waals surface area contributed by atoms with Gasteiger partial charge in [0.15, 0.2) is 11.5 Å². The van der Waals surface area contributed by atoms with Crippen LogP contribution in [-0.2, 0) is 11.4 Å². The molecule has 2 amide bonds. The molecule has 206 valence electrons. The first kappa shape index (κ1) is 30.0. The molecular weight excluding hydrogens is 586 g/mol. The number of benzene rings is 3. The predicted molar refractivity (Wildman–Crippen MR) is 156 cm³/mol. The molecule has 0 heterocycles. The van der Waals surface area contributed by atoms with Crippen LogP contribution in [0.5, 0.6) is 17.2 Å². The molecule has 8 nitrogen and oxygen atoms in total. The number of nitrogens with zero attached hydrogens (tertiary/aromatic N) is 1. The van der Waals surface area contributed by atoms with Gasteiger partial charge in [-0.25, -0.2) is 5.43 Å². The van der Waals surface area contributed by atoms with Crippen molar-refractivity contribution in [2.24, 2.45) is 11.0 Å². The second kappa shape index (κ2) is 14.6. The molecule has 1 unspecified atom stereocenters. The number of ether oxygens (including phenoxy) is 3. The van der Waals surface area contributed by atoms with Crippen molar-refractivity contribution in [3.8, 4) is 17.2 Å². The lowest BCUT2D eigenvalue weighted by molar-refractivity contribution is -0.123. The summed E-state index contributed by atoms with van der Waals surface area (Å²) < 4.78 is 17.6. The van der Waals surface area contributed by atoms with Crippen LogP contribution in [0.1, 0.15) is 42.3 Å². The predicted octanol–water partition coefficient (Wildman–Crippen LogP) is 5.99. The summed E-state index contributed by atoms with van der Waals surface area (Å²) >= 11 is 9.50. The topological polar surface area (TPSA) is 98.2 Å². The first-order chi connectivity index (χ1) is 18.7. The van der Waals surface area contributed by atoms with Gasteiger partial charge in [0.05, 0.1) is 24.4 Å². The molecule has 10 heteroatoms. The molecule has 0 saturated carbocycles.